The summed E-state index contributed by atoms with van der Waals surface area (Å²) in [7, 11) is -3.60. The largest absolute Gasteiger partial charge is 0.322 e. The Morgan fingerprint density at radius 1 is 1.17 bits per heavy atom. The first-order chi connectivity index (χ1) is 10.8. The van der Waals surface area contributed by atoms with Crippen molar-refractivity contribution in [3.8, 4) is 0 Å². The van der Waals surface area contributed by atoms with Gasteiger partial charge in [0.05, 0.1) is 4.90 Å². The molecular formula is C16H17BrN2O3S. The molecule has 0 aliphatic carbocycles. The molecule has 0 bridgehead atoms. The van der Waals surface area contributed by atoms with Crippen LogP contribution >= 0.6 is 15.9 Å². The van der Waals surface area contributed by atoms with Crippen LogP contribution in [0.3, 0.4) is 0 Å². The molecule has 0 heterocycles. The van der Waals surface area contributed by atoms with E-state index < -0.39 is 10.0 Å². The Morgan fingerprint density at radius 3 is 2.57 bits per heavy atom. The lowest BCUT2D eigenvalue weighted by atomic mass is 10.1. The maximum absolute atomic E-state index is 12.4. The molecule has 0 atom stereocenters. The Hall–Kier alpha value is -1.70. The van der Waals surface area contributed by atoms with Crippen molar-refractivity contribution in [1.82, 2.24) is 4.72 Å². The maximum atomic E-state index is 12.4. The number of amides is 1. The van der Waals surface area contributed by atoms with Gasteiger partial charge in [0.2, 0.25) is 10.0 Å². The van der Waals surface area contributed by atoms with Gasteiger partial charge >= 0.3 is 0 Å². The summed E-state index contributed by atoms with van der Waals surface area (Å²) < 4.78 is 27.4. The minimum absolute atomic E-state index is 0.0735. The first kappa shape index (κ1) is 17.7. The van der Waals surface area contributed by atoms with Gasteiger partial charge in [-0.25, -0.2) is 13.1 Å². The van der Waals surface area contributed by atoms with E-state index in [-0.39, 0.29) is 17.3 Å². The molecule has 7 heteroatoms. The van der Waals surface area contributed by atoms with Crippen LogP contribution < -0.4 is 10.0 Å². The molecule has 0 spiro atoms. The molecule has 1 amide bonds. The molecule has 0 aromatic heterocycles. The fraction of sp³-hybridized carbons (Fsp3) is 0.188. The van der Waals surface area contributed by atoms with E-state index in [0.717, 1.165) is 4.47 Å². The second-order valence-corrected chi connectivity index (χ2v) is 7.63. The van der Waals surface area contributed by atoms with E-state index in [1.54, 1.807) is 38.1 Å². The van der Waals surface area contributed by atoms with Crippen molar-refractivity contribution < 1.29 is 13.2 Å². The minimum Gasteiger partial charge on any atom is -0.322 e. The number of nitrogens with one attached hydrogen (secondary N) is 2. The quantitative estimate of drug-likeness (QED) is 0.813. The number of carbonyl (C=O) groups is 1. The first-order valence-electron chi connectivity index (χ1n) is 7.00. The second kappa shape index (κ2) is 7.25. The summed E-state index contributed by atoms with van der Waals surface area (Å²) >= 11 is 3.34. The number of halogens is 1. The molecule has 0 aliphatic rings. The molecule has 0 saturated heterocycles. The Bertz CT molecular complexity index is 835. The molecule has 2 N–H and O–H groups in total. The zero-order valence-corrected chi connectivity index (χ0v) is 15.2. The van der Waals surface area contributed by atoms with Crippen molar-refractivity contribution >= 4 is 37.5 Å². The normalized spacial score (nSPS) is 11.3. The summed E-state index contributed by atoms with van der Waals surface area (Å²) in [5.41, 5.74) is 1.65. The second-order valence-electron chi connectivity index (χ2n) is 4.94. The molecule has 2 rings (SSSR count). The number of rotatable bonds is 5. The molecule has 23 heavy (non-hydrogen) atoms. The van der Waals surface area contributed by atoms with Gasteiger partial charge in [-0.2, -0.15) is 0 Å². The van der Waals surface area contributed by atoms with Crippen LogP contribution in [0.4, 0.5) is 5.69 Å². The van der Waals surface area contributed by atoms with Crippen molar-refractivity contribution in [2.45, 2.75) is 18.7 Å². The summed E-state index contributed by atoms with van der Waals surface area (Å²) in [6, 6.07) is 11.7. The van der Waals surface area contributed by atoms with Crippen LogP contribution in [0, 0.1) is 6.92 Å². The van der Waals surface area contributed by atoms with Crippen molar-refractivity contribution in [3.63, 3.8) is 0 Å². The van der Waals surface area contributed by atoms with Crippen molar-refractivity contribution in [3.05, 3.63) is 58.1 Å². The minimum atomic E-state index is -3.60. The smallest absolute Gasteiger partial charge is 0.255 e. The van der Waals surface area contributed by atoms with Crippen LogP contribution in [0.1, 0.15) is 22.8 Å². The number of sulfonamides is 1. The van der Waals surface area contributed by atoms with Gasteiger partial charge in [0.1, 0.15) is 0 Å². The van der Waals surface area contributed by atoms with Crippen LogP contribution in [0.2, 0.25) is 0 Å². The third kappa shape index (κ3) is 4.40. The summed E-state index contributed by atoms with van der Waals surface area (Å²) in [6.07, 6.45) is 0. The summed E-state index contributed by atoms with van der Waals surface area (Å²) in [5, 5.41) is 2.77. The number of anilines is 1. The SMILES string of the molecule is CCNS(=O)(=O)c1ccc(C)c(C(=O)Nc2cccc(Br)c2)c1. The molecule has 0 saturated carbocycles. The van der Waals surface area contributed by atoms with Crippen molar-refractivity contribution in [1.29, 1.82) is 0 Å². The monoisotopic (exact) mass is 396 g/mol. The van der Waals surface area contributed by atoms with E-state index in [0.29, 0.717) is 16.8 Å². The third-order valence-corrected chi connectivity index (χ3v) is 5.22. The number of carbonyl (C=O) groups excluding carboxylic acids is 1. The van der Waals surface area contributed by atoms with Crippen LogP contribution in [-0.4, -0.2) is 20.9 Å². The standard InChI is InChI=1S/C16H17BrN2O3S/c1-3-18-23(21,22)14-8-7-11(2)15(10-14)16(20)19-13-6-4-5-12(17)9-13/h4-10,18H,3H2,1-2H3,(H,19,20). The fourth-order valence-corrected chi connectivity index (χ4v) is 3.52. The first-order valence-corrected chi connectivity index (χ1v) is 9.28. The van der Waals surface area contributed by atoms with Gasteiger partial charge in [-0.05, 0) is 42.8 Å². The van der Waals surface area contributed by atoms with Gasteiger partial charge in [0, 0.05) is 22.3 Å². The fourth-order valence-electron chi connectivity index (χ4n) is 2.05. The molecule has 0 fully saturated rings. The molecule has 0 unspecified atom stereocenters. The molecule has 0 aliphatic heterocycles. The predicted molar refractivity (Wildman–Crippen MR) is 94.1 cm³/mol. The third-order valence-electron chi connectivity index (χ3n) is 3.18. The lowest BCUT2D eigenvalue weighted by Crippen LogP contribution is -2.24. The van der Waals surface area contributed by atoms with E-state index in [1.807, 2.05) is 6.07 Å². The highest BCUT2D eigenvalue weighted by Crippen LogP contribution is 2.19. The Kier molecular flexibility index (Phi) is 5.56. The zero-order valence-electron chi connectivity index (χ0n) is 12.8. The summed E-state index contributed by atoms with van der Waals surface area (Å²) in [5.74, 6) is -0.353. The number of hydrogen-bond donors (Lipinski definition) is 2. The average Bonchev–Trinajstić information content (AvgIpc) is 2.47. The van der Waals surface area contributed by atoms with Crippen LogP contribution in [0.25, 0.3) is 0 Å². The highest BCUT2D eigenvalue weighted by molar-refractivity contribution is 9.10. The number of benzene rings is 2. The van der Waals surface area contributed by atoms with Crippen LogP contribution in [0.15, 0.2) is 51.8 Å². The van der Waals surface area contributed by atoms with Crippen LogP contribution in [0.5, 0.6) is 0 Å². The predicted octanol–water partition coefficient (Wildman–Crippen LogP) is 3.31. The van der Waals surface area contributed by atoms with Crippen molar-refractivity contribution in [2.75, 3.05) is 11.9 Å². The van der Waals surface area contributed by atoms with Gasteiger partial charge in [0.25, 0.3) is 5.91 Å². The van der Waals surface area contributed by atoms with E-state index in [2.05, 4.69) is 26.0 Å². The van der Waals surface area contributed by atoms with Gasteiger partial charge in [-0.3, -0.25) is 4.79 Å². The average molecular weight is 397 g/mol. The van der Waals surface area contributed by atoms with Gasteiger partial charge in [0.15, 0.2) is 0 Å². The van der Waals surface area contributed by atoms with E-state index in [9.17, 15) is 13.2 Å². The van der Waals surface area contributed by atoms with E-state index in [4.69, 9.17) is 0 Å². The Balaban J connectivity index is 2.33. The maximum Gasteiger partial charge on any atom is 0.255 e. The number of hydrogen-bond acceptors (Lipinski definition) is 3. The number of aryl methyl sites for hydroxylation is 1. The lowest BCUT2D eigenvalue weighted by Gasteiger charge is -2.11. The molecule has 0 radical (unpaired) electrons. The topological polar surface area (TPSA) is 75.3 Å². The van der Waals surface area contributed by atoms with E-state index >= 15 is 0 Å². The van der Waals surface area contributed by atoms with Crippen LogP contribution in [-0.2, 0) is 10.0 Å². The molecular weight excluding hydrogens is 380 g/mol. The molecule has 2 aromatic carbocycles. The van der Waals surface area contributed by atoms with Gasteiger partial charge in [-0.15, -0.1) is 0 Å². The summed E-state index contributed by atoms with van der Waals surface area (Å²) in [6.45, 7) is 3.75. The Labute approximate surface area is 144 Å². The highest BCUT2D eigenvalue weighted by Gasteiger charge is 2.17. The zero-order chi connectivity index (χ0) is 17.0. The van der Waals surface area contributed by atoms with E-state index in [1.165, 1.54) is 12.1 Å². The van der Waals surface area contributed by atoms with Crippen molar-refractivity contribution in [2.24, 2.45) is 0 Å². The van der Waals surface area contributed by atoms with Gasteiger partial charge in [-0.1, -0.05) is 35.0 Å². The Morgan fingerprint density at radius 2 is 1.91 bits per heavy atom. The molecule has 2 aromatic rings. The summed E-state index contributed by atoms with van der Waals surface area (Å²) in [4.78, 5) is 12.5. The van der Waals surface area contributed by atoms with Gasteiger partial charge < -0.3 is 5.32 Å². The highest BCUT2D eigenvalue weighted by atomic mass is 79.9. The molecule has 122 valence electrons. The molecule has 5 nitrogen and oxygen atoms in total. The lowest BCUT2D eigenvalue weighted by molar-refractivity contribution is 0.102.